The van der Waals surface area contributed by atoms with Gasteiger partial charge in [0, 0.05) is 0 Å². The quantitative estimate of drug-likeness (QED) is 0.313. The van der Waals surface area contributed by atoms with E-state index < -0.39 is 21.9 Å². The molecule has 0 aliphatic rings. The van der Waals surface area contributed by atoms with Gasteiger partial charge in [-0.05, 0) is 20.2 Å². The van der Waals surface area contributed by atoms with Gasteiger partial charge in [0.25, 0.3) is 0 Å². The summed E-state index contributed by atoms with van der Waals surface area (Å²) in [6, 6.07) is 0. The SMILES string of the molecule is C=CC(OS(=O)(=O)C(F)(F)F)N(C)C. The largest absolute Gasteiger partial charge is 0.523 e. The van der Waals surface area contributed by atoms with Gasteiger partial charge in [0.05, 0.1) is 0 Å². The van der Waals surface area contributed by atoms with Crippen molar-refractivity contribution in [1.82, 2.24) is 4.90 Å². The fraction of sp³-hybridized carbons (Fsp3) is 0.667. The molecule has 0 saturated carbocycles. The molecule has 0 aromatic heterocycles. The molecule has 0 rings (SSSR count). The summed E-state index contributed by atoms with van der Waals surface area (Å²) in [5, 5.41) is 0. The van der Waals surface area contributed by atoms with Crippen LogP contribution in [0.1, 0.15) is 0 Å². The summed E-state index contributed by atoms with van der Waals surface area (Å²) in [5.74, 6) is 0. The van der Waals surface area contributed by atoms with Crippen LogP contribution in [0.4, 0.5) is 13.2 Å². The van der Waals surface area contributed by atoms with Gasteiger partial charge in [-0.3, -0.25) is 4.90 Å². The molecule has 0 amide bonds. The van der Waals surface area contributed by atoms with Crippen LogP contribution in [-0.2, 0) is 14.3 Å². The summed E-state index contributed by atoms with van der Waals surface area (Å²) < 4.78 is 60.4. The molecule has 84 valence electrons. The second-order valence-electron chi connectivity index (χ2n) is 2.59. The van der Waals surface area contributed by atoms with Crippen molar-refractivity contribution in [2.75, 3.05) is 14.1 Å². The summed E-state index contributed by atoms with van der Waals surface area (Å²) in [6.45, 7) is 3.15. The van der Waals surface area contributed by atoms with Crippen molar-refractivity contribution in [3.05, 3.63) is 12.7 Å². The highest BCUT2D eigenvalue weighted by Gasteiger charge is 2.48. The molecule has 0 aromatic rings. The van der Waals surface area contributed by atoms with E-state index in [4.69, 9.17) is 0 Å². The molecule has 1 atom stereocenters. The molecular formula is C6H10F3NO3S. The minimum Gasteiger partial charge on any atom is -0.280 e. The van der Waals surface area contributed by atoms with E-state index in [0.717, 1.165) is 11.0 Å². The van der Waals surface area contributed by atoms with Crippen molar-refractivity contribution in [1.29, 1.82) is 0 Å². The molecule has 0 aliphatic heterocycles. The number of halogens is 3. The van der Waals surface area contributed by atoms with E-state index >= 15 is 0 Å². The van der Waals surface area contributed by atoms with Gasteiger partial charge in [-0.15, -0.1) is 0 Å². The monoisotopic (exact) mass is 233 g/mol. The maximum absolute atomic E-state index is 11.8. The molecule has 0 radical (unpaired) electrons. The highest BCUT2D eigenvalue weighted by Crippen LogP contribution is 2.26. The van der Waals surface area contributed by atoms with Crippen molar-refractivity contribution >= 4 is 10.1 Å². The molecule has 1 unspecified atom stereocenters. The Labute approximate surface area is 80.1 Å². The fourth-order valence-electron chi connectivity index (χ4n) is 0.521. The Bertz CT molecular complexity index is 296. The van der Waals surface area contributed by atoms with Gasteiger partial charge in [-0.2, -0.15) is 21.6 Å². The number of alkyl halides is 3. The first-order chi connectivity index (χ1) is 6.12. The molecule has 4 nitrogen and oxygen atoms in total. The summed E-state index contributed by atoms with van der Waals surface area (Å²) >= 11 is 0. The molecule has 0 spiro atoms. The normalized spacial score (nSPS) is 15.6. The molecular weight excluding hydrogens is 223 g/mol. The average Bonchev–Trinajstić information content (AvgIpc) is 1.97. The molecule has 0 saturated heterocycles. The van der Waals surface area contributed by atoms with Gasteiger partial charge in [0.1, 0.15) is 6.23 Å². The first kappa shape index (κ1) is 13.4. The highest BCUT2D eigenvalue weighted by molar-refractivity contribution is 7.87. The van der Waals surface area contributed by atoms with E-state index in [1.165, 1.54) is 14.1 Å². The third-order valence-electron chi connectivity index (χ3n) is 1.22. The Hall–Kier alpha value is -0.600. The van der Waals surface area contributed by atoms with Crippen molar-refractivity contribution in [2.45, 2.75) is 11.7 Å². The zero-order valence-electron chi connectivity index (χ0n) is 7.58. The van der Waals surface area contributed by atoms with Crippen LogP contribution in [0.2, 0.25) is 0 Å². The number of hydrogen-bond acceptors (Lipinski definition) is 4. The van der Waals surface area contributed by atoms with Crippen LogP contribution in [-0.4, -0.2) is 39.1 Å². The Morgan fingerprint density at radius 1 is 1.43 bits per heavy atom. The van der Waals surface area contributed by atoms with Crippen LogP contribution in [0.5, 0.6) is 0 Å². The predicted octanol–water partition coefficient (Wildman–Crippen LogP) is 0.926. The van der Waals surface area contributed by atoms with Crippen LogP contribution in [0.3, 0.4) is 0 Å². The van der Waals surface area contributed by atoms with E-state index in [-0.39, 0.29) is 0 Å². The summed E-state index contributed by atoms with van der Waals surface area (Å²) in [5.41, 5.74) is -5.41. The van der Waals surface area contributed by atoms with Crippen LogP contribution < -0.4 is 0 Å². The van der Waals surface area contributed by atoms with Gasteiger partial charge >= 0.3 is 15.6 Å². The minimum absolute atomic E-state index is 0.948. The molecule has 0 N–H and O–H groups in total. The highest BCUT2D eigenvalue weighted by atomic mass is 32.2. The smallest absolute Gasteiger partial charge is 0.280 e. The zero-order chi connectivity index (χ0) is 11.6. The van der Waals surface area contributed by atoms with Crippen molar-refractivity contribution in [2.24, 2.45) is 0 Å². The topological polar surface area (TPSA) is 46.6 Å². The Kier molecular flexibility index (Phi) is 4.10. The Balaban J connectivity index is 4.75. The lowest BCUT2D eigenvalue weighted by atomic mass is 10.5. The maximum Gasteiger partial charge on any atom is 0.523 e. The lowest BCUT2D eigenvalue weighted by Gasteiger charge is -2.20. The molecule has 0 heterocycles. The summed E-state index contributed by atoms with van der Waals surface area (Å²) in [7, 11) is -2.85. The zero-order valence-corrected chi connectivity index (χ0v) is 8.39. The molecule has 8 heteroatoms. The first-order valence-electron chi connectivity index (χ1n) is 3.40. The third kappa shape index (κ3) is 3.28. The molecule has 0 bridgehead atoms. The van der Waals surface area contributed by atoms with E-state index in [0.29, 0.717) is 0 Å². The van der Waals surface area contributed by atoms with Gasteiger partial charge < -0.3 is 0 Å². The second kappa shape index (κ2) is 4.28. The van der Waals surface area contributed by atoms with Crippen molar-refractivity contribution < 1.29 is 25.8 Å². The number of hydrogen-bond donors (Lipinski definition) is 0. The van der Waals surface area contributed by atoms with Crippen molar-refractivity contribution in [3.63, 3.8) is 0 Å². The number of rotatable bonds is 4. The standard InChI is InChI=1S/C6H10F3NO3S/c1-4-5(10(2)3)13-14(11,12)6(7,8)9/h4-5H,1H2,2-3H3. The van der Waals surface area contributed by atoms with Gasteiger partial charge in [-0.1, -0.05) is 6.58 Å². The Morgan fingerprint density at radius 3 is 2.07 bits per heavy atom. The molecule has 0 aromatic carbocycles. The number of nitrogens with zero attached hydrogens (tertiary/aromatic N) is 1. The van der Waals surface area contributed by atoms with E-state index in [1.54, 1.807) is 0 Å². The van der Waals surface area contributed by atoms with Gasteiger partial charge in [0.15, 0.2) is 0 Å². The Morgan fingerprint density at radius 2 is 1.86 bits per heavy atom. The molecule has 0 fully saturated rings. The lowest BCUT2D eigenvalue weighted by molar-refractivity contribution is -0.0604. The van der Waals surface area contributed by atoms with Crippen LogP contribution in [0.15, 0.2) is 12.7 Å². The average molecular weight is 233 g/mol. The van der Waals surface area contributed by atoms with E-state index in [9.17, 15) is 21.6 Å². The molecule has 14 heavy (non-hydrogen) atoms. The van der Waals surface area contributed by atoms with Crippen LogP contribution in [0.25, 0.3) is 0 Å². The summed E-state index contributed by atoms with van der Waals surface area (Å²) in [4.78, 5) is 1.14. The fourth-order valence-corrected chi connectivity index (χ4v) is 1.14. The number of likely N-dealkylation sites (N-methyl/N-ethyl adjacent to an activating group) is 1. The third-order valence-corrected chi connectivity index (χ3v) is 2.24. The van der Waals surface area contributed by atoms with E-state index in [2.05, 4.69) is 10.8 Å². The second-order valence-corrected chi connectivity index (χ2v) is 4.15. The lowest BCUT2D eigenvalue weighted by Crippen LogP contribution is -2.36. The van der Waals surface area contributed by atoms with Gasteiger partial charge in [0.2, 0.25) is 0 Å². The van der Waals surface area contributed by atoms with Crippen LogP contribution >= 0.6 is 0 Å². The molecule has 0 aliphatic carbocycles. The maximum atomic E-state index is 11.8. The van der Waals surface area contributed by atoms with E-state index in [1.807, 2.05) is 0 Å². The van der Waals surface area contributed by atoms with Crippen molar-refractivity contribution in [3.8, 4) is 0 Å². The predicted molar refractivity (Wildman–Crippen MR) is 43.7 cm³/mol. The minimum atomic E-state index is -5.57. The van der Waals surface area contributed by atoms with Crippen LogP contribution in [0, 0.1) is 0 Å². The summed E-state index contributed by atoms with van der Waals surface area (Å²) in [6.07, 6.45) is -0.384. The first-order valence-corrected chi connectivity index (χ1v) is 4.81. The van der Waals surface area contributed by atoms with Gasteiger partial charge in [-0.25, -0.2) is 4.18 Å².